The first-order valence-corrected chi connectivity index (χ1v) is 8.20. The van der Waals surface area contributed by atoms with E-state index in [0.29, 0.717) is 11.3 Å². The highest BCUT2D eigenvalue weighted by molar-refractivity contribution is 6.14. The number of aryl methyl sites for hydroxylation is 2. The number of esters is 1. The van der Waals surface area contributed by atoms with Gasteiger partial charge in [-0.25, -0.2) is 9.78 Å². The van der Waals surface area contributed by atoms with Gasteiger partial charge in [-0.2, -0.15) is 0 Å². The molecule has 0 spiro atoms. The SMILES string of the molecule is Cc1ccc(C)c(OC(=O)c2c3ccccc3nc3ccccc23)c1. The van der Waals surface area contributed by atoms with E-state index < -0.39 is 0 Å². The molecule has 0 atom stereocenters. The Kier molecular flexibility index (Phi) is 3.69. The molecular weight excluding hydrogens is 310 g/mol. The maximum Gasteiger partial charge on any atom is 0.344 e. The van der Waals surface area contributed by atoms with Crippen LogP contribution in [-0.4, -0.2) is 11.0 Å². The molecule has 3 heteroatoms. The lowest BCUT2D eigenvalue weighted by Crippen LogP contribution is -2.11. The van der Waals surface area contributed by atoms with Gasteiger partial charge < -0.3 is 4.74 Å². The first kappa shape index (κ1) is 15.3. The van der Waals surface area contributed by atoms with Crippen molar-refractivity contribution in [2.75, 3.05) is 0 Å². The number of carbonyl (C=O) groups excluding carboxylic acids is 1. The van der Waals surface area contributed by atoms with E-state index in [1.54, 1.807) is 0 Å². The first-order valence-electron chi connectivity index (χ1n) is 8.20. The quantitative estimate of drug-likeness (QED) is 0.288. The zero-order valence-corrected chi connectivity index (χ0v) is 14.1. The molecular formula is C22H17NO2. The Balaban J connectivity index is 1.91. The Morgan fingerprint density at radius 2 is 1.44 bits per heavy atom. The molecule has 25 heavy (non-hydrogen) atoms. The van der Waals surface area contributed by atoms with Gasteiger partial charge in [0.15, 0.2) is 0 Å². The maximum atomic E-state index is 13.1. The third kappa shape index (κ3) is 2.74. The lowest BCUT2D eigenvalue weighted by molar-refractivity contribution is 0.0737. The van der Waals surface area contributed by atoms with Gasteiger partial charge >= 0.3 is 5.97 Å². The standard InChI is InChI=1S/C22H17NO2/c1-14-11-12-15(2)20(13-14)25-22(24)21-16-7-3-5-9-18(16)23-19-10-6-4-8-17(19)21/h3-13H,1-2H3. The van der Waals surface area contributed by atoms with Crippen molar-refractivity contribution in [1.82, 2.24) is 4.98 Å². The summed E-state index contributed by atoms with van der Waals surface area (Å²) in [4.78, 5) is 17.7. The fourth-order valence-corrected chi connectivity index (χ4v) is 3.03. The van der Waals surface area contributed by atoms with Gasteiger partial charge in [-0.1, -0.05) is 48.5 Å². The van der Waals surface area contributed by atoms with E-state index in [1.165, 1.54) is 0 Å². The predicted molar refractivity (Wildman–Crippen MR) is 100 cm³/mol. The average molecular weight is 327 g/mol. The number of para-hydroxylation sites is 2. The number of ether oxygens (including phenoxy) is 1. The Bertz CT molecular complexity index is 1060. The van der Waals surface area contributed by atoms with Crippen LogP contribution >= 0.6 is 0 Å². The van der Waals surface area contributed by atoms with Crippen molar-refractivity contribution < 1.29 is 9.53 Å². The van der Waals surface area contributed by atoms with Crippen LogP contribution in [-0.2, 0) is 0 Å². The molecule has 0 saturated heterocycles. The predicted octanol–water partition coefficient (Wildman–Crippen LogP) is 5.22. The molecule has 0 N–H and O–H groups in total. The molecule has 4 rings (SSSR count). The molecule has 0 amide bonds. The highest BCUT2D eigenvalue weighted by Gasteiger charge is 2.18. The molecule has 3 aromatic carbocycles. The number of pyridine rings is 1. The fraction of sp³-hybridized carbons (Fsp3) is 0.0909. The molecule has 1 aromatic heterocycles. The monoisotopic (exact) mass is 327 g/mol. The molecule has 0 bridgehead atoms. The van der Waals surface area contributed by atoms with E-state index in [-0.39, 0.29) is 5.97 Å². The topological polar surface area (TPSA) is 39.2 Å². The Morgan fingerprint density at radius 3 is 2.08 bits per heavy atom. The number of hydrogen-bond acceptors (Lipinski definition) is 3. The summed E-state index contributed by atoms with van der Waals surface area (Å²) in [5.41, 5.74) is 4.12. The molecule has 0 saturated carbocycles. The van der Waals surface area contributed by atoms with Crippen LogP contribution in [0.2, 0.25) is 0 Å². The van der Waals surface area contributed by atoms with Gasteiger partial charge in [-0.05, 0) is 43.2 Å². The van der Waals surface area contributed by atoms with Gasteiger partial charge in [0, 0.05) is 10.8 Å². The fourth-order valence-electron chi connectivity index (χ4n) is 3.03. The number of nitrogens with zero attached hydrogens (tertiary/aromatic N) is 1. The van der Waals surface area contributed by atoms with Crippen molar-refractivity contribution >= 4 is 27.8 Å². The van der Waals surface area contributed by atoms with Crippen molar-refractivity contribution in [3.05, 3.63) is 83.4 Å². The van der Waals surface area contributed by atoms with Crippen LogP contribution in [0.4, 0.5) is 0 Å². The summed E-state index contributed by atoms with van der Waals surface area (Å²) in [6.07, 6.45) is 0. The van der Waals surface area contributed by atoms with E-state index in [4.69, 9.17) is 4.74 Å². The van der Waals surface area contributed by atoms with Gasteiger partial charge in [0.2, 0.25) is 0 Å². The van der Waals surface area contributed by atoms with Crippen LogP contribution in [0.15, 0.2) is 66.7 Å². The summed E-state index contributed by atoms with van der Waals surface area (Å²) in [5, 5.41) is 1.60. The van der Waals surface area contributed by atoms with Gasteiger partial charge in [-0.15, -0.1) is 0 Å². The number of fused-ring (bicyclic) bond motifs is 2. The zero-order valence-electron chi connectivity index (χ0n) is 14.1. The van der Waals surface area contributed by atoms with E-state index in [0.717, 1.165) is 32.9 Å². The van der Waals surface area contributed by atoms with E-state index in [9.17, 15) is 4.79 Å². The zero-order chi connectivity index (χ0) is 17.4. The van der Waals surface area contributed by atoms with Crippen molar-refractivity contribution in [2.45, 2.75) is 13.8 Å². The second-order valence-electron chi connectivity index (χ2n) is 6.18. The molecule has 0 aliphatic heterocycles. The third-order valence-electron chi connectivity index (χ3n) is 4.34. The van der Waals surface area contributed by atoms with Gasteiger partial charge in [0.25, 0.3) is 0 Å². The minimum atomic E-state index is -0.358. The summed E-state index contributed by atoms with van der Waals surface area (Å²) in [6.45, 7) is 3.92. The van der Waals surface area contributed by atoms with Crippen LogP contribution in [0.3, 0.4) is 0 Å². The Morgan fingerprint density at radius 1 is 0.840 bits per heavy atom. The van der Waals surface area contributed by atoms with Crippen molar-refractivity contribution in [1.29, 1.82) is 0 Å². The molecule has 0 radical (unpaired) electrons. The highest BCUT2D eigenvalue weighted by Crippen LogP contribution is 2.28. The molecule has 1 heterocycles. The van der Waals surface area contributed by atoms with E-state index in [2.05, 4.69) is 4.98 Å². The minimum absolute atomic E-state index is 0.358. The Labute approximate surface area is 145 Å². The molecule has 0 aliphatic rings. The summed E-state index contributed by atoms with van der Waals surface area (Å²) < 4.78 is 5.76. The summed E-state index contributed by atoms with van der Waals surface area (Å²) >= 11 is 0. The summed E-state index contributed by atoms with van der Waals surface area (Å²) in [6, 6.07) is 21.2. The van der Waals surface area contributed by atoms with E-state index >= 15 is 0 Å². The number of aromatic nitrogens is 1. The smallest absolute Gasteiger partial charge is 0.344 e. The second kappa shape index (κ2) is 6.02. The second-order valence-corrected chi connectivity index (χ2v) is 6.18. The summed E-state index contributed by atoms with van der Waals surface area (Å²) in [5.74, 6) is 0.235. The lowest BCUT2D eigenvalue weighted by Gasteiger charge is -2.12. The van der Waals surface area contributed by atoms with E-state index in [1.807, 2.05) is 80.6 Å². The minimum Gasteiger partial charge on any atom is -0.423 e. The van der Waals surface area contributed by atoms with Gasteiger partial charge in [0.05, 0.1) is 16.6 Å². The largest absolute Gasteiger partial charge is 0.423 e. The normalized spacial score (nSPS) is 11.0. The number of rotatable bonds is 2. The number of hydrogen-bond donors (Lipinski definition) is 0. The van der Waals surface area contributed by atoms with Crippen molar-refractivity contribution in [3.8, 4) is 5.75 Å². The molecule has 0 fully saturated rings. The van der Waals surface area contributed by atoms with Crippen molar-refractivity contribution in [2.24, 2.45) is 0 Å². The Hall–Kier alpha value is -3.20. The van der Waals surface area contributed by atoms with Crippen LogP contribution in [0, 0.1) is 13.8 Å². The average Bonchev–Trinajstić information content (AvgIpc) is 2.62. The molecule has 0 unspecified atom stereocenters. The first-order chi connectivity index (χ1) is 12.1. The van der Waals surface area contributed by atoms with Crippen LogP contribution in [0.25, 0.3) is 21.8 Å². The highest BCUT2D eigenvalue weighted by atomic mass is 16.5. The maximum absolute atomic E-state index is 13.1. The number of benzene rings is 3. The molecule has 3 nitrogen and oxygen atoms in total. The van der Waals surface area contributed by atoms with Crippen LogP contribution < -0.4 is 4.74 Å². The van der Waals surface area contributed by atoms with Gasteiger partial charge in [0.1, 0.15) is 5.75 Å². The van der Waals surface area contributed by atoms with Crippen LogP contribution in [0.5, 0.6) is 5.75 Å². The third-order valence-corrected chi connectivity index (χ3v) is 4.34. The molecule has 4 aromatic rings. The van der Waals surface area contributed by atoms with Crippen molar-refractivity contribution in [3.63, 3.8) is 0 Å². The lowest BCUT2D eigenvalue weighted by atomic mass is 10.0. The van der Waals surface area contributed by atoms with Gasteiger partial charge in [-0.3, -0.25) is 0 Å². The number of carbonyl (C=O) groups is 1. The van der Waals surface area contributed by atoms with Crippen LogP contribution in [0.1, 0.15) is 21.5 Å². The summed E-state index contributed by atoms with van der Waals surface area (Å²) in [7, 11) is 0. The molecule has 122 valence electrons. The molecule has 0 aliphatic carbocycles.